The number of rotatable bonds is 6. The second-order valence-corrected chi connectivity index (χ2v) is 7.55. The largest absolute Gasteiger partial charge is 0.455 e. The molecule has 0 fully saturated rings. The number of amides is 2. The molecule has 0 bridgehead atoms. The van der Waals surface area contributed by atoms with Crippen molar-refractivity contribution in [3.05, 3.63) is 59.6 Å². The topological polar surface area (TPSA) is 130 Å². The molecule has 0 spiro atoms. The number of hydrogen-bond donors (Lipinski definition) is 2. The maximum atomic E-state index is 11.8. The van der Waals surface area contributed by atoms with Crippen molar-refractivity contribution in [2.24, 2.45) is 0 Å². The average molecular weight is 408 g/mol. The molecule has 0 aliphatic rings. The normalized spacial score (nSPS) is 11.1. The number of aromatic nitrogens is 2. The number of benzene rings is 1. The molecule has 1 aromatic carbocycles. The van der Waals surface area contributed by atoms with E-state index in [0.717, 1.165) is 0 Å². The molecule has 0 aliphatic heterocycles. The van der Waals surface area contributed by atoms with Crippen LogP contribution in [-0.2, 0) is 5.41 Å². The van der Waals surface area contributed by atoms with Crippen LogP contribution in [0.1, 0.15) is 47.4 Å². The highest BCUT2D eigenvalue weighted by Crippen LogP contribution is 2.34. The van der Waals surface area contributed by atoms with Crippen LogP contribution >= 0.6 is 0 Å². The lowest BCUT2D eigenvalue weighted by Gasteiger charge is -2.13. The zero-order chi connectivity index (χ0) is 21.9. The molecule has 0 atom stereocenters. The molecule has 0 saturated heterocycles. The molecule has 9 nitrogen and oxygen atoms in total. The van der Waals surface area contributed by atoms with Gasteiger partial charge >= 0.3 is 0 Å². The van der Waals surface area contributed by atoms with Crippen LogP contribution in [0.15, 0.2) is 47.1 Å². The summed E-state index contributed by atoms with van der Waals surface area (Å²) >= 11 is 0. The van der Waals surface area contributed by atoms with Gasteiger partial charge in [0.15, 0.2) is 11.6 Å². The van der Waals surface area contributed by atoms with Crippen molar-refractivity contribution < 1.29 is 18.8 Å². The van der Waals surface area contributed by atoms with E-state index in [1.807, 2.05) is 20.8 Å². The van der Waals surface area contributed by atoms with Crippen molar-refractivity contribution in [2.75, 3.05) is 12.4 Å². The van der Waals surface area contributed by atoms with Crippen LogP contribution in [0.25, 0.3) is 0 Å². The highest BCUT2D eigenvalue weighted by atomic mass is 16.5. The highest BCUT2D eigenvalue weighted by Gasteiger charge is 2.20. The molecule has 0 aliphatic carbocycles. The zero-order valence-electron chi connectivity index (χ0n) is 17.1. The Labute approximate surface area is 173 Å². The summed E-state index contributed by atoms with van der Waals surface area (Å²) in [6.07, 6.45) is 1.44. The number of nitrogens with zero attached hydrogens (tertiary/aromatic N) is 2. The van der Waals surface area contributed by atoms with E-state index < -0.39 is 5.91 Å². The summed E-state index contributed by atoms with van der Waals surface area (Å²) in [6.45, 7) is 6.02. The van der Waals surface area contributed by atoms with Crippen LogP contribution in [0.2, 0.25) is 0 Å². The van der Waals surface area contributed by atoms with Crippen molar-refractivity contribution in [2.45, 2.75) is 26.2 Å². The second kappa shape index (κ2) is 8.24. The molecule has 3 aromatic rings. The van der Waals surface area contributed by atoms with Crippen LogP contribution in [0.4, 0.5) is 11.5 Å². The van der Waals surface area contributed by atoms with E-state index in [1.54, 1.807) is 18.2 Å². The summed E-state index contributed by atoms with van der Waals surface area (Å²) in [5.41, 5.74) is 8.01. The van der Waals surface area contributed by atoms with Gasteiger partial charge in [0, 0.05) is 36.4 Å². The number of carbonyl (C=O) groups excluding carboxylic acids is 2. The number of nitrogens with one attached hydrogen (secondary N) is 3. The summed E-state index contributed by atoms with van der Waals surface area (Å²) in [7, 11) is 1.51. The fourth-order valence-electron chi connectivity index (χ4n) is 2.53. The van der Waals surface area contributed by atoms with Gasteiger partial charge in [-0.05, 0) is 24.3 Å². The quantitative estimate of drug-likeness (QED) is 0.636. The summed E-state index contributed by atoms with van der Waals surface area (Å²) in [6, 6.07) is 9.41. The van der Waals surface area contributed by atoms with Crippen LogP contribution < -0.4 is 21.1 Å². The van der Waals surface area contributed by atoms with Crippen molar-refractivity contribution in [1.82, 2.24) is 21.2 Å². The van der Waals surface area contributed by atoms with Crippen LogP contribution in [-0.4, -0.2) is 29.0 Å². The third kappa shape index (κ3) is 4.75. The Hall–Kier alpha value is -3.88. The standard InChI is InChI=1S/C21H22N5O4/c1-21(2,3)17-11-18(26-30-17)25-14-6-5-12(19(22)27)9-16(14)29-13-7-8-24-15(10-13)20(28)23-4/h5-11,22H,1-4H3,(H,23,28)(H,25,26). The smallest absolute Gasteiger partial charge is 0.269 e. The fourth-order valence-corrected chi connectivity index (χ4v) is 2.53. The Morgan fingerprint density at radius 3 is 2.53 bits per heavy atom. The average Bonchev–Trinajstić information content (AvgIpc) is 3.18. The third-order valence-corrected chi connectivity index (χ3v) is 4.17. The van der Waals surface area contributed by atoms with Crippen molar-refractivity contribution in [3.8, 4) is 11.5 Å². The van der Waals surface area contributed by atoms with Crippen LogP contribution in [0.5, 0.6) is 11.5 Å². The van der Waals surface area contributed by atoms with E-state index in [4.69, 9.17) is 15.0 Å². The number of hydrogen-bond acceptors (Lipinski definition) is 7. The van der Waals surface area contributed by atoms with Crippen LogP contribution in [0, 0.1) is 0 Å². The van der Waals surface area contributed by atoms with Gasteiger partial charge in [0.2, 0.25) is 0 Å². The van der Waals surface area contributed by atoms with E-state index in [2.05, 4.69) is 20.8 Å². The molecule has 2 aromatic heterocycles. The Morgan fingerprint density at radius 2 is 1.90 bits per heavy atom. The lowest BCUT2D eigenvalue weighted by Crippen LogP contribution is -2.18. The van der Waals surface area contributed by atoms with Crippen LogP contribution in [0.3, 0.4) is 0 Å². The molecular formula is C21H22N5O4. The molecule has 3 rings (SSSR count). The molecular weight excluding hydrogens is 386 g/mol. The first-order valence-corrected chi connectivity index (χ1v) is 9.17. The van der Waals surface area contributed by atoms with Gasteiger partial charge in [0.05, 0.1) is 5.69 Å². The zero-order valence-corrected chi connectivity index (χ0v) is 17.1. The van der Waals surface area contributed by atoms with Crippen molar-refractivity contribution in [3.63, 3.8) is 0 Å². The van der Waals surface area contributed by atoms with Gasteiger partial charge in [0.25, 0.3) is 11.8 Å². The third-order valence-electron chi connectivity index (χ3n) is 4.17. The van der Waals surface area contributed by atoms with Gasteiger partial charge in [-0.2, -0.15) is 0 Å². The molecule has 155 valence electrons. The molecule has 3 N–H and O–H groups in total. The predicted molar refractivity (Wildman–Crippen MR) is 110 cm³/mol. The molecule has 2 heterocycles. The summed E-state index contributed by atoms with van der Waals surface area (Å²) in [4.78, 5) is 27.3. The highest BCUT2D eigenvalue weighted by molar-refractivity contribution is 5.94. The van der Waals surface area contributed by atoms with E-state index >= 15 is 0 Å². The minimum atomic E-state index is -0.844. The molecule has 0 saturated carbocycles. The van der Waals surface area contributed by atoms with Gasteiger partial charge in [-0.15, -0.1) is 0 Å². The Bertz CT molecular complexity index is 1080. The van der Waals surface area contributed by atoms with Gasteiger partial charge in [-0.3, -0.25) is 20.3 Å². The first kappa shape index (κ1) is 20.8. The summed E-state index contributed by atoms with van der Waals surface area (Å²) in [5, 5.41) is 9.62. The molecule has 0 unspecified atom stereocenters. The second-order valence-electron chi connectivity index (χ2n) is 7.55. The molecule has 1 radical (unpaired) electrons. The molecule has 30 heavy (non-hydrogen) atoms. The molecule has 2 amide bonds. The van der Waals surface area contributed by atoms with Gasteiger partial charge in [-0.1, -0.05) is 25.9 Å². The van der Waals surface area contributed by atoms with Crippen molar-refractivity contribution in [1.29, 1.82) is 0 Å². The lowest BCUT2D eigenvalue weighted by atomic mass is 9.93. The number of anilines is 2. The lowest BCUT2D eigenvalue weighted by molar-refractivity contribution is 0.0956. The fraction of sp³-hybridized carbons (Fsp3) is 0.238. The summed E-state index contributed by atoms with van der Waals surface area (Å²) < 4.78 is 11.3. The first-order valence-electron chi connectivity index (χ1n) is 9.17. The number of ether oxygens (including phenoxy) is 1. The first-order chi connectivity index (χ1) is 14.2. The van der Waals surface area contributed by atoms with E-state index in [-0.39, 0.29) is 28.3 Å². The maximum absolute atomic E-state index is 11.8. The monoisotopic (exact) mass is 408 g/mol. The van der Waals surface area contributed by atoms with E-state index in [0.29, 0.717) is 23.0 Å². The van der Waals surface area contributed by atoms with Gasteiger partial charge in [0.1, 0.15) is 17.2 Å². The van der Waals surface area contributed by atoms with Gasteiger partial charge < -0.3 is 19.9 Å². The minimum Gasteiger partial charge on any atom is -0.455 e. The van der Waals surface area contributed by atoms with Gasteiger partial charge in [-0.25, -0.2) is 0 Å². The maximum Gasteiger partial charge on any atom is 0.269 e. The number of carbonyl (C=O) groups is 2. The Kier molecular flexibility index (Phi) is 5.72. The SMILES string of the molecule is CNC(=O)c1cc(Oc2cc(C([NH])=O)ccc2Nc2cc(C(C)(C)C)on2)ccn1. The molecule has 9 heteroatoms. The van der Waals surface area contributed by atoms with E-state index in [9.17, 15) is 9.59 Å². The minimum absolute atomic E-state index is 0.159. The predicted octanol–water partition coefficient (Wildman–Crippen LogP) is 3.69. The number of pyridine rings is 1. The Morgan fingerprint density at radius 1 is 1.13 bits per heavy atom. The summed E-state index contributed by atoms with van der Waals surface area (Å²) in [5.74, 6) is 0.597. The van der Waals surface area contributed by atoms with E-state index in [1.165, 1.54) is 31.4 Å². The van der Waals surface area contributed by atoms with Crippen molar-refractivity contribution >= 4 is 23.3 Å². The Balaban J connectivity index is 1.94.